The fraction of sp³-hybridized carbons (Fsp3) is 0.455. The number of hydrogen-bond acceptors (Lipinski definition) is 5. The summed E-state index contributed by atoms with van der Waals surface area (Å²) in [6.07, 6.45) is 3.51. The van der Waals surface area contributed by atoms with E-state index >= 15 is 0 Å². The monoisotopic (exact) mass is 368 g/mol. The second-order valence-electron chi connectivity index (χ2n) is 7.14. The van der Waals surface area contributed by atoms with Crippen molar-refractivity contribution in [2.75, 3.05) is 24.6 Å². The molecule has 0 radical (unpaired) electrons. The number of carbonyl (C=O) groups is 1. The Bertz CT molecular complexity index is 760. The van der Waals surface area contributed by atoms with Crippen LogP contribution in [0.3, 0.4) is 0 Å². The molecule has 0 N–H and O–H groups in total. The summed E-state index contributed by atoms with van der Waals surface area (Å²) >= 11 is 0. The van der Waals surface area contributed by atoms with Crippen molar-refractivity contribution in [3.8, 4) is 11.6 Å². The van der Waals surface area contributed by atoms with Crippen molar-refractivity contribution in [2.24, 2.45) is 0 Å². The summed E-state index contributed by atoms with van der Waals surface area (Å²) in [5.41, 5.74) is 2.29. The molecular formula is C22H28N2O3. The second-order valence-corrected chi connectivity index (χ2v) is 7.14. The first kappa shape index (κ1) is 19.2. The van der Waals surface area contributed by atoms with Crippen LogP contribution in [-0.2, 0) is 4.79 Å². The average Bonchev–Trinajstić information content (AvgIpc) is 3.11. The van der Waals surface area contributed by atoms with Gasteiger partial charge in [-0.2, -0.15) is 0 Å². The molecule has 2 heterocycles. The van der Waals surface area contributed by atoms with Crippen LogP contribution in [0.15, 0.2) is 42.6 Å². The highest BCUT2D eigenvalue weighted by atomic mass is 16.5. The highest BCUT2D eigenvalue weighted by Crippen LogP contribution is 2.27. The molecule has 0 amide bonds. The van der Waals surface area contributed by atoms with E-state index < -0.39 is 0 Å². The zero-order valence-electron chi connectivity index (χ0n) is 16.4. The zero-order chi connectivity index (χ0) is 19.2. The van der Waals surface area contributed by atoms with Gasteiger partial charge in [-0.3, -0.25) is 0 Å². The van der Waals surface area contributed by atoms with Crippen LogP contribution in [0.25, 0.3) is 0 Å². The lowest BCUT2D eigenvalue weighted by Gasteiger charge is -2.19. The summed E-state index contributed by atoms with van der Waals surface area (Å²) < 4.78 is 11.7. The molecular weight excluding hydrogens is 340 g/mol. The fourth-order valence-electron chi connectivity index (χ4n) is 3.50. The molecule has 27 heavy (non-hydrogen) atoms. The molecule has 1 aromatic carbocycles. The molecule has 1 aliphatic rings. The van der Waals surface area contributed by atoms with E-state index in [-0.39, 0.29) is 17.8 Å². The first-order chi connectivity index (χ1) is 13.0. The summed E-state index contributed by atoms with van der Waals surface area (Å²) in [5.74, 6) is 2.00. The summed E-state index contributed by atoms with van der Waals surface area (Å²) in [6.45, 7) is 8.09. The predicted molar refractivity (Wildman–Crippen MR) is 107 cm³/mol. The van der Waals surface area contributed by atoms with Gasteiger partial charge in [0, 0.05) is 37.3 Å². The number of ketones is 1. The van der Waals surface area contributed by atoms with Crippen LogP contribution < -0.4 is 14.4 Å². The minimum absolute atomic E-state index is 0.161. The van der Waals surface area contributed by atoms with Crippen molar-refractivity contribution in [1.82, 2.24) is 4.98 Å². The SMILES string of the molecule is CCOc1cc(N2CCC(Oc3ccc([C@H](C)CC(C)=O)cc3)C2)ccn1. The van der Waals surface area contributed by atoms with Gasteiger partial charge in [0.2, 0.25) is 5.88 Å². The average molecular weight is 368 g/mol. The Balaban J connectivity index is 1.56. The van der Waals surface area contributed by atoms with Crippen molar-refractivity contribution < 1.29 is 14.3 Å². The Morgan fingerprint density at radius 2 is 2.07 bits per heavy atom. The molecule has 2 atom stereocenters. The zero-order valence-corrected chi connectivity index (χ0v) is 16.4. The predicted octanol–water partition coefficient (Wildman–Crippen LogP) is 4.22. The smallest absolute Gasteiger partial charge is 0.215 e. The molecule has 2 aromatic rings. The standard InChI is InChI=1S/C22H28N2O3/c1-4-26-22-14-19(9-11-23-22)24-12-10-21(15-24)27-20-7-5-18(6-8-20)16(2)13-17(3)25/h5-9,11,14,16,21H,4,10,12-13,15H2,1-3H3/t16-,21?/m1/s1. The van der Waals surface area contributed by atoms with Gasteiger partial charge in [-0.15, -0.1) is 0 Å². The van der Waals surface area contributed by atoms with Crippen molar-refractivity contribution >= 4 is 11.5 Å². The number of hydrogen-bond donors (Lipinski definition) is 0. The number of pyridine rings is 1. The van der Waals surface area contributed by atoms with E-state index in [0.717, 1.165) is 30.9 Å². The number of ether oxygens (including phenoxy) is 2. The summed E-state index contributed by atoms with van der Waals surface area (Å²) in [4.78, 5) is 17.8. The Labute approximate surface area is 161 Å². The van der Waals surface area contributed by atoms with Crippen LogP contribution >= 0.6 is 0 Å². The molecule has 0 bridgehead atoms. The van der Waals surface area contributed by atoms with Gasteiger partial charge in [0.15, 0.2) is 0 Å². The second kappa shape index (κ2) is 8.89. The van der Waals surface area contributed by atoms with Gasteiger partial charge in [-0.1, -0.05) is 19.1 Å². The quantitative estimate of drug-likeness (QED) is 0.698. The van der Waals surface area contributed by atoms with Gasteiger partial charge in [0.25, 0.3) is 0 Å². The first-order valence-corrected chi connectivity index (χ1v) is 9.65. The maximum Gasteiger partial charge on any atom is 0.215 e. The Morgan fingerprint density at radius 3 is 2.78 bits per heavy atom. The molecule has 3 rings (SSSR count). The molecule has 1 unspecified atom stereocenters. The van der Waals surface area contributed by atoms with Gasteiger partial charge in [0.1, 0.15) is 17.6 Å². The number of Topliss-reactive ketones (excluding diaryl/α,β-unsaturated/α-hetero) is 1. The summed E-state index contributed by atoms with van der Waals surface area (Å²) in [5, 5.41) is 0. The highest BCUT2D eigenvalue weighted by Gasteiger charge is 2.24. The van der Waals surface area contributed by atoms with E-state index in [4.69, 9.17) is 9.47 Å². The van der Waals surface area contributed by atoms with Gasteiger partial charge in [-0.25, -0.2) is 4.98 Å². The van der Waals surface area contributed by atoms with E-state index in [9.17, 15) is 4.79 Å². The summed E-state index contributed by atoms with van der Waals surface area (Å²) in [6, 6.07) is 12.1. The largest absolute Gasteiger partial charge is 0.489 e. The minimum atomic E-state index is 0.161. The number of nitrogens with zero attached hydrogens (tertiary/aromatic N) is 2. The molecule has 1 aliphatic heterocycles. The van der Waals surface area contributed by atoms with Crippen LogP contribution in [0, 0.1) is 0 Å². The lowest BCUT2D eigenvalue weighted by molar-refractivity contribution is -0.117. The van der Waals surface area contributed by atoms with Crippen molar-refractivity contribution in [2.45, 2.75) is 45.6 Å². The molecule has 5 nitrogen and oxygen atoms in total. The molecule has 1 fully saturated rings. The van der Waals surface area contributed by atoms with Crippen molar-refractivity contribution in [3.63, 3.8) is 0 Å². The Morgan fingerprint density at radius 1 is 1.30 bits per heavy atom. The number of aromatic nitrogens is 1. The van der Waals surface area contributed by atoms with Gasteiger partial charge < -0.3 is 19.2 Å². The van der Waals surface area contributed by atoms with Crippen LogP contribution in [0.5, 0.6) is 11.6 Å². The van der Waals surface area contributed by atoms with E-state index in [1.807, 2.05) is 31.2 Å². The normalized spacial score (nSPS) is 17.6. The molecule has 144 valence electrons. The Kier molecular flexibility index (Phi) is 6.32. The maximum absolute atomic E-state index is 11.3. The third kappa shape index (κ3) is 5.22. The minimum Gasteiger partial charge on any atom is -0.489 e. The summed E-state index contributed by atoms with van der Waals surface area (Å²) in [7, 11) is 0. The molecule has 0 aliphatic carbocycles. The van der Waals surface area contributed by atoms with Crippen LogP contribution in [0.2, 0.25) is 0 Å². The molecule has 1 aromatic heterocycles. The van der Waals surface area contributed by atoms with Gasteiger partial charge >= 0.3 is 0 Å². The number of carbonyl (C=O) groups excluding carboxylic acids is 1. The van der Waals surface area contributed by atoms with Crippen molar-refractivity contribution in [1.29, 1.82) is 0 Å². The number of benzene rings is 1. The molecule has 0 spiro atoms. The van der Waals surface area contributed by atoms with Gasteiger partial charge in [0.05, 0.1) is 13.2 Å². The topological polar surface area (TPSA) is 51.7 Å². The highest BCUT2D eigenvalue weighted by molar-refractivity contribution is 5.76. The van der Waals surface area contributed by atoms with E-state index in [1.54, 1.807) is 13.1 Å². The first-order valence-electron chi connectivity index (χ1n) is 9.65. The number of rotatable bonds is 8. The van der Waals surface area contributed by atoms with Crippen LogP contribution in [0.4, 0.5) is 5.69 Å². The maximum atomic E-state index is 11.3. The third-order valence-electron chi connectivity index (χ3n) is 4.87. The van der Waals surface area contributed by atoms with Gasteiger partial charge in [-0.05, 0) is 43.5 Å². The lowest BCUT2D eigenvalue weighted by Crippen LogP contribution is -2.24. The molecule has 1 saturated heterocycles. The number of anilines is 1. The van der Waals surface area contributed by atoms with E-state index in [1.165, 1.54) is 5.56 Å². The third-order valence-corrected chi connectivity index (χ3v) is 4.87. The molecule has 0 saturated carbocycles. The van der Waals surface area contributed by atoms with E-state index in [0.29, 0.717) is 18.9 Å². The van der Waals surface area contributed by atoms with Crippen LogP contribution in [-0.4, -0.2) is 36.6 Å². The fourth-order valence-corrected chi connectivity index (χ4v) is 3.50. The Hall–Kier alpha value is -2.56. The molecule has 5 heteroatoms. The lowest BCUT2D eigenvalue weighted by atomic mass is 9.96. The van der Waals surface area contributed by atoms with Crippen LogP contribution in [0.1, 0.15) is 45.1 Å². The van der Waals surface area contributed by atoms with Crippen molar-refractivity contribution in [3.05, 3.63) is 48.2 Å². The van der Waals surface area contributed by atoms with E-state index in [2.05, 4.69) is 28.9 Å².